The largest absolute Gasteiger partial charge is 0.356 e. The Morgan fingerprint density at radius 2 is 1.48 bits per heavy atom. The van der Waals surface area contributed by atoms with Gasteiger partial charge in [-0.15, -0.1) is 0 Å². The van der Waals surface area contributed by atoms with Crippen molar-refractivity contribution >= 4 is 15.9 Å². The number of carbonyl (C=O) groups is 1. The summed E-state index contributed by atoms with van der Waals surface area (Å²) in [4.78, 5) is 18.0. The van der Waals surface area contributed by atoms with Gasteiger partial charge in [0.15, 0.2) is 0 Å². The molecule has 0 spiro atoms. The summed E-state index contributed by atoms with van der Waals surface area (Å²) >= 11 is 0. The van der Waals surface area contributed by atoms with Crippen molar-refractivity contribution in [1.82, 2.24) is 19.4 Å². The molecule has 2 aliphatic rings. The second kappa shape index (κ2) is 11.3. The topological polar surface area (TPSA) is 73.0 Å². The number of piperazine rings is 1. The monoisotopic (exact) mass is 478 g/mol. The second-order valence-electron chi connectivity index (χ2n) is 9.69. The van der Waals surface area contributed by atoms with Crippen LogP contribution in [0.15, 0.2) is 11.0 Å². The van der Waals surface area contributed by atoms with E-state index in [4.69, 9.17) is 0 Å². The number of hydrogen-bond acceptors (Lipinski definition) is 5. The van der Waals surface area contributed by atoms with Crippen LogP contribution < -0.4 is 5.32 Å². The molecule has 1 aromatic carbocycles. The average Bonchev–Trinajstić information content (AvgIpc) is 2.81. The molecular weight excluding hydrogens is 436 g/mol. The highest BCUT2D eigenvalue weighted by Crippen LogP contribution is 2.31. The molecule has 186 valence electrons. The molecule has 0 aromatic heterocycles. The van der Waals surface area contributed by atoms with Crippen LogP contribution in [0.25, 0.3) is 0 Å². The average molecular weight is 479 g/mol. The van der Waals surface area contributed by atoms with Gasteiger partial charge in [-0.05, 0) is 82.3 Å². The summed E-state index contributed by atoms with van der Waals surface area (Å²) < 4.78 is 28.4. The number of benzene rings is 1. The molecule has 3 rings (SSSR count). The van der Waals surface area contributed by atoms with Gasteiger partial charge in [-0.25, -0.2) is 8.42 Å². The summed E-state index contributed by atoms with van der Waals surface area (Å²) in [5, 5.41) is 3.09. The zero-order valence-electron chi connectivity index (χ0n) is 21.1. The fourth-order valence-corrected chi connectivity index (χ4v) is 7.09. The fraction of sp³-hybridized carbons (Fsp3) is 0.720. The minimum absolute atomic E-state index is 0.0709. The number of nitrogens with zero attached hydrogens (tertiary/aromatic N) is 3. The van der Waals surface area contributed by atoms with Crippen LogP contribution in [0, 0.1) is 33.6 Å². The Balaban J connectivity index is 1.46. The summed E-state index contributed by atoms with van der Waals surface area (Å²) in [7, 11) is -3.56. The third-order valence-electron chi connectivity index (χ3n) is 7.58. The lowest BCUT2D eigenvalue weighted by atomic mass is 9.97. The minimum Gasteiger partial charge on any atom is -0.356 e. The summed E-state index contributed by atoms with van der Waals surface area (Å²) in [5.74, 6) is -0.0346. The smallest absolute Gasteiger partial charge is 0.243 e. The van der Waals surface area contributed by atoms with E-state index in [2.05, 4.69) is 22.0 Å². The van der Waals surface area contributed by atoms with Crippen LogP contribution in [-0.2, 0) is 14.8 Å². The maximum Gasteiger partial charge on any atom is 0.243 e. The molecule has 2 fully saturated rings. The van der Waals surface area contributed by atoms with Crippen molar-refractivity contribution in [1.29, 1.82) is 0 Å². The third kappa shape index (κ3) is 6.15. The molecular formula is C25H42N4O3S. The zero-order valence-corrected chi connectivity index (χ0v) is 21.9. The summed E-state index contributed by atoms with van der Waals surface area (Å²) in [6.07, 6.45) is 2.11. The lowest BCUT2D eigenvalue weighted by Gasteiger charge is -2.34. The molecule has 2 heterocycles. The van der Waals surface area contributed by atoms with Crippen LogP contribution in [0.1, 0.15) is 48.4 Å². The van der Waals surface area contributed by atoms with Crippen LogP contribution in [-0.4, -0.2) is 87.3 Å². The van der Waals surface area contributed by atoms with Gasteiger partial charge in [0.25, 0.3) is 0 Å². The first-order chi connectivity index (χ1) is 15.6. The number of sulfonamides is 1. The van der Waals surface area contributed by atoms with E-state index in [-0.39, 0.29) is 11.8 Å². The Labute approximate surface area is 200 Å². The van der Waals surface area contributed by atoms with Gasteiger partial charge >= 0.3 is 0 Å². The van der Waals surface area contributed by atoms with E-state index < -0.39 is 10.0 Å². The Hall–Kier alpha value is -1.48. The van der Waals surface area contributed by atoms with E-state index in [0.29, 0.717) is 37.4 Å². The lowest BCUT2D eigenvalue weighted by molar-refractivity contribution is -0.126. The van der Waals surface area contributed by atoms with E-state index in [0.717, 1.165) is 67.9 Å². The van der Waals surface area contributed by atoms with Crippen molar-refractivity contribution in [2.24, 2.45) is 5.92 Å². The predicted molar refractivity (Wildman–Crippen MR) is 133 cm³/mol. The maximum absolute atomic E-state index is 13.4. The number of aryl methyl sites for hydroxylation is 2. The normalized spacial score (nSPS) is 19.7. The number of rotatable bonds is 8. The Bertz CT molecular complexity index is 905. The number of hydrogen-bond donors (Lipinski definition) is 1. The van der Waals surface area contributed by atoms with Crippen molar-refractivity contribution in [3.8, 4) is 0 Å². The van der Waals surface area contributed by atoms with Crippen LogP contribution in [0.4, 0.5) is 0 Å². The first-order valence-electron chi connectivity index (χ1n) is 12.4. The van der Waals surface area contributed by atoms with E-state index in [1.807, 2.05) is 33.8 Å². The zero-order chi connectivity index (χ0) is 24.2. The van der Waals surface area contributed by atoms with Crippen molar-refractivity contribution in [2.75, 3.05) is 58.9 Å². The third-order valence-corrected chi connectivity index (χ3v) is 9.76. The Morgan fingerprint density at radius 3 is 2.03 bits per heavy atom. The fourth-order valence-electron chi connectivity index (χ4n) is 5.04. The first kappa shape index (κ1) is 26.1. The molecule has 2 aliphatic heterocycles. The van der Waals surface area contributed by atoms with Crippen LogP contribution >= 0.6 is 0 Å². The molecule has 1 amide bonds. The Kier molecular flexibility index (Phi) is 8.95. The second-order valence-corrected chi connectivity index (χ2v) is 11.6. The summed E-state index contributed by atoms with van der Waals surface area (Å²) in [6.45, 7) is 18.0. The molecule has 1 aromatic rings. The highest BCUT2D eigenvalue weighted by atomic mass is 32.2. The highest BCUT2D eigenvalue weighted by molar-refractivity contribution is 7.89. The molecule has 0 aliphatic carbocycles. The number of carbonyl (C=O) groups excluding carboxylic acids is 1. The highest BCUT2D eigenvalue weighted by Gasteiger charge is 2.34. The minimum atomic E-state index is -3.56. The number of piperidine rings is 1. The molecule has 0 atom stereocenters. The van der Waals surface area contributed by atoms with Crippen molar-refractivity contribution in [3.63, 3.8) is 0 Å². The van der Waals surface area contributed by atoms with E-state index in [1.165, 1.54) is 0 Å². The molecule has 0 bridgehead atoms. The predicted octanol–water partition coefficient (Wildman–Crippen LogP) is 2.46. The molecule has 33 heavy (non-hydrogen) atoms. The number of amides is 1. The van der Waals surface area contributed by atoms with Gasteiger partial charge in [-0.2, -0.15) is 4.31 Å². The molecule has 7 nitrogen and oxygen atoms in total. The van der Waals surface area contributed by atoms with Gasteiger partial charge in [0.05, 0.1) is 4.90 Å². The first-order valence-corrected chi connectivity index (χ1v) is 13.9. The van der Waals surface area contributed by atoms with E-state index >= 15 is 0 Å². The van der Waals surface area contributed by atoms with Gasteiger partial charge in [-0.3, -0.25) is 4.79 Å². The van der Waals surface area contributed by atoms with Gasteiger partial charge in [0.2, 0.25) is 15.9 Å². The van der Waals surface area contributed by atoms with Crippen molar-refractivity contribution in [3.05, 3.63) is 28.3 Å². The van der Waals surface area contributed by atoms with Crippen LogP contribution in [0.2, 0.25) is 0 Å². The number of nitrogens with one attached hydrogen (secondary N) is 1. The molecule has 2 saturated heterocycles. The SMILES string of the molecule is CCN1CCN(CCCNC(=O)C2CCN(S(=O)(=O)c3c(C)c(C)cc(C)c3C)CC2)CC1. The van der Waals surface area contributed by atoms with Gasteiger partial charge in [0.1, 0.15) is 0 Å². The molecule has 0 radical (unpaired) electrons. The van der Waals surface area contributed by atoms with Crippen LogP contribution in [0.5, 0.6) is 0 Å². The number of likely N-dealkylation sites (N-methyl/N-ethyl adjacent to an activating group) is 1. The quantitative estimate of drug-likeness (QED) is 0.581. The van der Waals surface area contributed by atoms with E-state index in [9.17, 15) is 13.2 Å². The molecule has 0 saturated carbocycles. The standard InChI is InChI=1S/C25H42N4O3S/c1-6-27-14-16-28(17-15-27)11-7-10-26-25(30)23-8-12-29(13-9-23)33(31,32)24-21(4)19(2)18-20(3)22(24)5/h18,23H,6-17H2,1-5H3,(H,26,30). The van der Waals surface area contributed by atoms with Gasteiger partial charge in [-0.1, -0.05) is 13.0 Å². The van der Waals surface area contributed by atoms with Crippen LogP contribution in [0.3, 0.4) is 0 Å². The van der Waals surface area contributed by atoms with Gasteiger partial charge in [0, 0.05) is 51.7 Å². The molecule has 1 N–H and O–H groups in total. The van der Waals surface area contributed by atoms with E-state index in [1.54, 1.807) is 4.31 Å². The summed E-state index contributed by atoms with van der Waals surface area (Å²) in [6, 6.07) is 2.05. The summed E-state index contributed by atoms with van der Waals surface area (Å²) in [5.41, 5.74) is 3.65. The van der Waals surface area contributed by atoms with Crippen molar-refractivity contribution < 1.29 is 13.2 Å². The van der Waals surface area contributed by atoms with Gasteiger partial charge < -0.3 is 15.1 Å². The molecule has 8 heteroatoms. The maximum atomic E-state index is 13.4. The van der Waals surface area contributed by atoms with Crippen molar-refractivity contribution in [2.45, 2.75) is 58.8 Å². The molecule has 0 unspecified atom stereocenters. The Morgan fingerprint density at radius 1 is 0.939 bits per heavy atom. The lowest BCUT2D eigenvalue weighted by Crippen LogP contribution is -2.47.